The van der Waals surface area contributed by atoms with E-state index in [1.807, 2.05) is 12.1 Å². The quantitative estimate of drug-likeness (QED) is 0.910. The van der Waals surface area contributed by atoms with Gasteiger partial charge in [-0.1, -0.05) is 15.9 Å². The lowest BCUT2D eigenvalue weighted by Crippen LogP contribution is -2.52. The van der Waals surface area contributed by atoms with E-state index in [9.17, 15) is 0 Å². The van der Waals surface area contributed by atoms with E-state index in [0.29, 0.717) is 12.6 Å². The summed E-state index contributed by atoms with van der Waals surface area (Å²) in [5.74, 6) is 0.878. The smallest absolute Gasteiger partial charge is 0.119 e. The molecule has 2 N–H and O–H groups in total. The van der Waals surface area contributed by atoms with Crippen LogP contribution < -0.4 is 10.5 Å². The highest BCUT2D eigenvalue weighted by atomic mass is 79.9. The first kappa shape index (κ1) is 15.8. The standard InChI is InChI=1S/C15H24BrN3O/c1-11-10-18(2)6-7-19(11)15(9-17)13-8-12(20-3)4-5-14(13)16/h4-5,8,11,15H,6-7,9-10,17H2,1-3H3. The number of likely N-dealkylation sites (N-methyl/N-ethyl adjacent to an activating group) is 1. The van der Waals surface area contributed by atoms with Gasteiger partial charge in [0.05, 0.1) is 7.11 Å². The Balaban J connectivity index is 2.27. The number of benzene rings is 1. The maximum atomic E-state index is 6.08. The average molecular weight is 342 g/mol. The second-order valence-corrected chi connectivity index (χ2v) is 6.34. The minimum absolute atomic E-state index is 0.225. The largest absolute Gasteiger partial charge is 0.497 e. The second-order valence-electron chi connectivity index (χ2n) is 5.49. The van der Waals surface area contributed by atoms with Crippen molar-refractivity contribution in [1.82, 2.24) is 9.80 Å². The lowest BCUT2D eigenvalue weighted by Gasteiger charge is -2.43. The molecular formula is C15H24BrN3O. The zero-order valence-electron chi connectivity index (χ0n) is 12.5. The molecule has 1 aliphatic heterocycles. The predicted octanol–water partition coefficient (Wildman–Crippen LogP) is 2.09. The fourth-order valence-electron chi connectivity index (χ4n) is 2.96. The minimum atomic E-state index is 0.225. The molecule has 1 heterocycles. The Bertz CT molecular complexity index is 455. The molecule has 2 unspecified atom stereocenters. The van der Waals surface area contributed by atoms with Gasteiger partial charge in [0, 0.05) is 42.7 Å². The first-order valence-corrected chi connectivity index (χ1v) is 7.84. The molecule has 5 heteroatoms. The van der Waals surface area contributed by atoms with E-state index < -0.39 is 0 Å². The topological polar surface area (TPSA) is 41.7 Å². The van der Waals surface area contributed by atoms with Crippen LogP contribution in [-0.4, -0.2) is 56.2 Å². The summed E-state index contributed by atoms with van der Waals surface area (Å²) >= 11 is 3.65. The molecule has 1 saturated heterocycles. The van der Waals surface area contributed by atoms with Gasteiger partial charge in [-0.15, -0.1) is 0 Å². The molecule has 20 heavy (non-hydrogen) atoms. The van der Waals surface area contributed by atoms with Gasteiger partial charge in [0.1, 0.15) is 5.75 Å². The lowest BCUT2D eigenvalue weighted by molar-refractivity contribution is 0.0632. The molecule has 0 aromatic heterocycles. The maximum absolute atomic E-state index is 6.08. The Kier molecular flexibility index (Phi) is 5.43. The van der Waals surface area contributed by atoms with Crippen LogP contribution >= 0.6 is 15.9 Å². The summed E-state index contributed by atoms with van der Waals surface area (Å²) in [6.07, 6.45) is 0. The summed E-state index contributed by atoms with van der Waals surface area (Å²) in [5.41, 5.74) is 7.29. The number of methoxy groups -OCH3 is 1. The van der Waals surface area contributed by atoms with Crippen molar-refractivity contribution in [1.29, 1.82) is 0 Å². The van der Waals surface area contributed by atoms with Crippen molar-refractivity contribution in [3.8, 4) is 5.75 Å². The molecule has 0 bridgehead atoms. The van der Waals surface area contributed by atoms with Crippen LogP contribution in [0.25, 0.3) is 0 Å². The van der Waals surface area contributed by atoms with Gasteiger partial charge in [0.2, 0.25) is 0 Å². The summed E-state index contributed by atoms with van der Waals surface area (Å²) < 4.78 is 6.44. The lowest BCUT2D eigenvalue weighted by atomic mass is 10.0. The van der Waals surface area contributed by atoms with Gasteiger partial charge in [-0.05, 0) is 37.7 Å². The van der Waals surface area contributed by atoms with Crippen molar-refractivity contribution in [3.63, 3.8) is 0 Å². The summed E-state index contributed by atoms with van der Waals surface area (Å²) in [7, 11) is 3.87. The van der Waals surface area contributed by atoms with Crippen molar-refractivity contribution in [2.45, 2.75) is 19.0 Å². The number of rotatable bonds is 4. The fraction of sp³-hybridized carbons (Fsp3) is 0.600. The van der Waals surface area contributed by atoms with Crippen LogP contribution in [0.3, 0.4) is 0 Å². The van der Waals surface area contributed by atoms with Gasteiger partial charge >= 0.3 is 0 Å². The Morgan fingerprint density at radius 1 is 1.45 bits per heavy atom. The van der Waals surface area contributed by atoms with Gasteiger partial charge < -0.3 is 15.4 Å². The average Bonchev–Trinajstić information content (AvgIpc) is 2.43. The second kappa shape index (κ2) is 6.89. The normalized spacial score (nSPS) is 22.8. The fourth-order valence-corrected chi connectivity index (χ4v) is 3.47. The highest BCUT2D eigenvalue weighted by molar-refractivity contribution is 9.10. The van der Waals surface area contributed by atoms with Crippen molar-refractivity contribution >= 4 is 15.9 Å². The number of halogens is 1. The summed E-state index contributed by atoms with van der Waals surface area (Å²) in [5, 5.41) is 0. The zero-order valence-corrected chi connectivity index (χ0v) is 14.1. The van der Waals surface area contributed by atoms with Crippen molar-refractivity contribution < 1.29 is 4.74 Å². The van der Waals surface area contributed by atoms with Gasteiger partial charge in [-0.3, -0.25) is 4.90 Å². The molecule has 0 radical (unpaired) electrons. The van der Waals surface area contributed by atoms with E-state index in [0.717, 1.165) is 29.9 Å². The molecule has 2 atom stereocenters. The molecule has 0 aliphatic carbocycles. The predicted molar refractivity (Wildman–Crippen MR) is 86.2 cm³/mol. The SMILES string of the molecule is COc1ccc(Br)c(C(CN)N2CCN(C)CC2C)c1. The Morgan fingerprint density at radius 3 is 2.80 bits per heavy atom. The Labute approximate surface area is 130 Å². The third-order valence-electron chi connectivity index (χ3n) is 4.07. The molecule has 0 spiro atoms. The first-order chi connectivity index (χ1) is 9.56. The highest BCUT2D eigenvalue weighted by Crippen LogP contribution is 2.32. The Hall–Kier alpha value is -0.620. The van der Waals surface area contributed by atoms with E-state index in [1.165, 1.54) is 5.56 Å². The summed E-state index contributed by atoms with van der Waals surface area (Å²) in [6, 6.07) is 6.82. The van der Waals surface area contributed by atoms with Crippen LogP contribution in [0.2, 0.25) is 0 Å². The van der Waals surface area contributed by atoms with E-state index in [-0.39, 0.29) is 6.04 Å². The minimum Gasteiger partial charge on any atom is -0.497 e. The number of nitrogens with zero attached hydrogens (tertiary/aromatic N) is 2. The van der Waals surface area contributed by atoms with E-state index in [4.69, 9.17) is 10.5 Å². The van der Waals surface area contributed by atoms with Crippen molar-refractivity contribution in [2.75, 3.05) is 40.3 Å². The molecule has 112 valence electrons. The summed E-state index contributed by atoms with van der Waals surface area (Å²) in [4.78, 5) is 4.87. The summed E-state index contributed by atoms with van der Waals surface area (Å²) in [6.45, 7) is 6.09. The molecule has 4 nitrogen and oxygen atoms in total. The van der Waals surface area contributed by atoms with E-state index >= 15 is 0 Å². The third kappa shape index (κ3) is 3.34. The van der Waals surface area contributed by atoms with Crippen LogP contribution in [0, 0.1) is 0 Å². The van der Waals surface area contributed by atoms with Crippen LogP contribution in [0.15, 0.2) is 22.7 Å². The molecule has 2 rings (SSSR count). The van der Waals surface area contributed by atoms with Gasteiger partial charge in [0.15, 0.2) is 0 Å². The maximum Gasteiger partial charge on any atom is 0.119 e. The molecule has 1 aliphatic rings. The highest BCUT2D eigenvalue weighted by Gasteiger charge is 2.29. The van der Waals surface area contributed by atoms with Crippen molar-refractivity contribution in [3.05, 3.63) is 28.2 Å². The van der Waals surface area contributed by atoms with Crippen LogP contribution in [0.5, 0.6) is 5.75 Å². The zero-order chi connectivity index (χ0) is 14.7. The number of piperazine rings is 1. The van der Waals surface area contributed by atoms with Crippen LogP contribution in [0.4, 0.5) is 0 Å². The van der Waals surface area contributed by atoms with E-state index in [2.05, 4.69) is 45.8 Å². The number of hydrogen-bond acceptors (Lipinski definition) is 4. The van der Waals surface area contributed by atoms with Gasteiger partial charge in [-0.25, -0.2) is 0 Å². The molecular weight excluding hydrogens is 318 g/mol. The first-order valence-electron chi connectivity index (χ1n) is 7.04. The molecule has 1 aromatic carbocycles. The van der Waals surface area contributed by atoms with Crippen LogP contribution in [0.1, 0.15) is 18.5 Å². The van der Waals surface area contributed by atoms with E-state index in [1.54, 1.807) is 7.11 Å². The van der Waals surface area contributed by atoms with Gasteiger partial charge in [0.25, 0.3) is 0 Å². The number of nitrogens with two attached hydrogens (primary N) is 1. The molecule has 0 saturated carbocycles. The number of ether oxygens (including phenoxy) is 1. The Morgan fingerprint density at radius 2 is 2.20 bits per heavy atom. The van der Waals surface area contributed by atoms with Crippen LogP contribution in [-0.2, 0) is 0 Å². The number of hydrogen-bond donors (Lipinski definition) is 1. The molecule has 0 amide bonds. The molecule has 1 aromatic rings. The molecule has 1 fully saturated rings. The third-order valence-corrected chi connectivity index (χ3v) is 4.79. The monoisotopic (exact) mass is 341 g/mol. The van der Waals surface area contributed by atoms with Crippen molar-refractivity contribution in [2.24, 2.45) is 5.73 Å². The van der Waals surface area contributed by atoms with Gasteiger partial charge in [-0.2, -0.15) is 0 Å².